The van der Waals surface area contributed by atoms with E-state index in [1.165, 1.54) is 6.08 Å². The first kappa shape index (κ1) is 6.46. The van der Waals surface area contributed by atoms with Gasteiger partial charge in [-0.1, -0.05) is 0 Å². The van der Waals surface area contributed by atoms with Gasteiger partial charge in [-0.25, -0.2) is 4.39 Å². The van der Waals surface area contributed by atoms with Gasteiger partial charge in [0.15, 0.2) is 5.78 Å². The van der Waals surface area contributed by atoms with Crippen LogP contribution in [0.4, 0.5) is 4.39 Å². The molecule has 1 nitrogen and oxygen atoms in total. The van der Waals surface area contributed by atoms with E-state index >= 15 is 0 Å². The summed E-state index contributed by atoms with van der Waals surface area (Å²) >= 11 is 0. The minimum absolute atomic E-state index is 0.0777. The third kappa shape index (κ3) is 1.63. The molecule has 0 heterocycles. The fourth-order valence-electron chi connectivity index (χ4n) is 0.967. The summed E-state index contributed by atoms with van der Waals surface area (Å²) < 4.78 is 11.8. The molecule has 1 rings (SSSR count). The second kappa shape index (κ2) is 2.76. The standard InChI is InChI=1S/C7H9FO/c8-5-6-2-1-3-7(9)4-6/h4H,1-3,5H2. The Bertz CT molecular complexity index is 149. The van der Waals surface area contributed by atoms with Crippen LogP contribution in [0.25, 0.3) is 0 Å². The minimum Gasteiger partial charge on any atom is -0.295 e. The lowest BCUT2D eigenvalue weighted by atomic mass is 10.00. The maximum atomic E-state index is 11.8. The quantitative estimate of drug-likeness (QED) is 0.524. The first-order chi connectivity index (χ1) is 4.33. The van der Waals surface area contributed by atoms with Crippen molar-refractivity contribution in [2.24, 2.45) is 0 Å². The largest absolute Gasteiger partial charge is 0.295 e. The smallest absolute Gasteiger partial charge is 0.155 e. The van der Waals surface area contributed by atoms with Crippen LogP contribution in [0.5, 0.6) is 0 Å². The molecule has 0 amide bonds. The second-order valence-corrected chi connectivity index (χ2v) is 2.26. The van der Waals surface area contributed by atoms with Gasteiger partial charge in [-0.2, -0.15) is 0 Å². The summed E-state index contributed by atoms with van der Waals surface area (Å²) in [7, 11) is 0. The highest BCUT2D eigenvalue weighted by atomic mass is 19.1. The van der Waals surface area contributed by atoms with Gasteiger partial charge in [0.2, 0.25) is 0 Å². The number of ketones is 1. The zero-order valence-electron chi connectivity index (χ0n) is 5.19. The molecule has 50 valence electrons. The maximum Gasteiger partial charge on any atom is 0.155 e. The number of hydrogen-bond donors (Lipinski definition) is 0. The van der Waals surface area contributed by atoms with Crippen molar-refractivity contribution in [3.05, 3.63) is 11.6 Å². The van der Waals surface area contributed by atoms with Crippen LogP contribution in [-0.2, 0) is 4.79 Å². The molecule has 1 aliphatic rings. The molecule has 0 unspecified atom stereocenters. The molecule has 0 saturated carbocycles. The number of alkyl halides is 1. The Kier molecular flexibility index (Phi) is 1.98. The first-order valence-corrected chi connectivity index (χ1v) is 3.11. The van der Waals surface area contributed by atoms with Gasteiger partial charge in [-0.3, -0.25) is 4.79 Å². The predicted octanol–water partition coefficient (Wildman–Crippen LogP) is 1.64. The molecule has 2 heteroatoms. The molecule has 0 N–H and O–H groups in total. The third-order valence-electron chi connectivity index (χ3n) is 1.46. The summed E-state index contributed by atoms with van der Waals surface area (Å²) in [6, 6.07) is 0. The molecule has 0 aromatic heterocycles. The highest BCUT2D eigenvalue weighted by molar-refractivity contribution is 5.91. The molecule has 0 bridgehead atoms. The van der Waals surface area contributed by atoms with Gasteiger partial charge < -0.3 is 0 Å². The number of halogens is 1. The Morgan fingerprint density at radius 3 is 2.78 bits per heavy atom. The lowest BCUT2D eigenvalue weighted by Gasteiger charge is -2.06. The topological polar surface area (TPSA) is 17.1 Å². The molecule has 0 spiro atoms. The Hall–Kier alpha value is -0.660. The van der Waals surface area contributed by atoms with E-state index in [-0.39, 0.29) is 5.78 Å². The van der Waals surface area contributed by atoms with Crippen LogP contribution in [0.15, 0.2) is 11.6 Å². The highest BCUT2D eigenvalue weighted by Crippen LogP contribution is 2.14. The summed E-state index contributed by atoms with van der Waals surface area (Å²) in [5.74, 6) is 0.0777. The van der Waals surface area contributed by atoms with Crippen molar-refractivity contribution in [2.75, 3.05) is 6.67 Å². The second-order valence-electron chi connectivity index (χ2n) is 2.26. The van der Waals surface area contributed by atoms with Crippen LogP contribution in [-0.4, -0.2) is 12.5 Å². The van der Waals surface area contributed by atoms with Crippen molar-refractivity contribution in [2.45, 2.75) is 19.3 Å². The Morgan fingerprint density at radius 2 is 2.33 bits per heavy atom. The highest BCUT2D eigenvalue weighted by Gasteiger charge is 2.08. The fourth-order valence-corrected chi connectivity index (χ4v) is 0.967. The molecular formula is C7H9FO. The predicted molar refractivity (Wildman–Crippen MR) is 32.9 cm³/mol. The lowest BCUT2D eigenvalue weighted by Crippen LogP contribution is -2.03. The van der Waals surface area contributed by atoms with Crippen molar-refractivity contribution in [3.8, 4) is 0 Å². The summed E-state index contributed by atoms with van der Waals surface area (Å²) in [4.78, 5) is 10.6. The summed E-state index contributed by atoms with van der Waals surface area (Å²) in [6.07, 6.45) is 3.63. The van der Waals surface area contributed by atoms with E-state index in [0.717, 1.165) is 12.8 Å². The molecule has 1 aliphatic carbocycles. The number of carbonyl (C=O) groups is 1. The number of rotatable bonds is 1. The first-order valence-electron chi connectivity index (χ1n) is 3.11. The van der Waals surface area contributed by atoms with Crippen LogP contribution < -0.4 is 0 Å². The molecule has 0 aromatic carbocycles. The fraction of sp³-hybridized carbons (Fsp3) is 0.571. The Morgan fingerprint density at radius 1 is 1.56 bits per heavy atom. The maximum absolute atomic E-state index is 11.8. The lowest BCUT2D eigenvalue weighted by molar-refractivity contribution is -0.115. The van der Waals surface area contributed by atoms with Crippen molar-refractivity contribution in [1.29, 1.82) is 0 Å². The van der Waals surface area contributed by atoms with Crippen LogP contribution in [0.1, 0.15) is 19.3 Å². The summed E-state index contributed by atoms with van der Waals surface area (Å²) in [5, 5.41) is 0. The van der Waals surface area contributed by atoms with Gasteiger partial charge in [0, 0.05) is 6.42 Å². The zero-order valence-corrected chi connectivity index (χ0v) is 5.19. The van der Waals surface area contributed by atoms with E-state index in [2.05, 4.69) is 0 Å². The minimum atomic E-state index is -0.453. The van der Waals surface area contributed by atoms with E-state index in [1.807, 2.05) is 0 Å². The van der Waals surface area contributed by atoms with Gasteiger partial charge in [-0.15, -0.1) is 0 Å². The Balaban J connectivity index is 2.59. The van der Waals surface area contributed by atoms with E-state index in [9.17, 15) is 9.18 Å². The molecule has 0 saturated heterocycles. The average Bonchev–Trinajstić information content (AvgIpc) is 1.88. The SMILES string of the molecule is O=C1C=C(CF)CCC1. The molecular weight excluding hydrogens is 119 g/mol. The van der Waals surface area contributed by atoms with Crippen LogP contribution in [0, 0.1) is 0 Å². The monoisotopic (exact) mass is 128 g/mol. The van der Waals surface area contributed by atoms with Crippen LogP contribution >= 0.6 is 0 Å². The van der Waals surface area contributed by atoms with Gasteiger partial charge in [0.1, 0.15) is 6.67 Å². The van der Waals surface area contributed by atoms with Crippen molar-refractivity contribution in [1.82, 2.24) is 0 Å². The normalized spacial score (nSPS) is 19.7. The van der Waals surface area contributed by atoms with Gasteiger partial charge in [0.25, 0.3) is 0 Å². The summed E-state index contributed by atoms with van der Waals surface area (Å²) in [5.41, 5.74) is 0.659. The van der Waals surface area contributed by atoms with Crippen molar-refractivity contribution in [3.63, 3.8) is 0 Å². The third-order valence-corrected chi connectivity index (χ3v) is 1.46. The van der Waals surface area contributed by atoms with Gasteiger partial charge in [-0.05, 0) is 24.5 Å². The van der Waals surface area contributed by atoms with E-state index in [1.54, 1.807) is 0 Å². The van der Waals surface area contributed by atoms with E-state index < -0.39 is 6.67 Å². The molecule has 0 aromatic rings. The molecule has 0 atom stereocenters. The zero-order chi connectivity index (χ0) is 6.69. The number of allylic oxidation sites excluding steroid dienone is 2. The molecule has 0 radical (unpaired) electrons. The van der Waals surface area contributed by atoms with Crippen molar-refractivity contribution < 1.29 is 9.18 Å². The molecule has 9 heavy (non-hydrogen) atoms. The Labute approximate surface area is 53.6 Å². The van der Waals surface area contributed by atoms with Gasteiger partial charge in [0.05, 0.1) is 0 Å². The summed E-state index contributed by atoms with van der Waals surface area (Å²) in [6.45, 7) is -0.453. The van der Waals surface area contributed by atoms with E-state index in [0.29, 0.717) is 12.0 Å². The van der Waals surface area contributed by atoms with Crippen LogP contribution in [0.3, 0.4) is 0 Å². The molecule has 0 aliphatic heterocycles. The number of hydrogen-bond acceptors (Lipinski definition) is 1. The van der Waals surface area contributed by atoms with Gasteiger partial charge >= 0.3 is 0 Å². The number of carbonyl (C=O) groups excluding carboxylic acids is 1. The van der Waals surface area contributed by atoms with Crippen LogP contribution in [0.2, 0.25) is 0 Å². The van der Waals surface area contributed by atoms with E-state index in [4.69, 9.17) is 0 Å². The van der Waals surface area contributed by atoms with Crippen molar-refractivity contribution >= 4 is 5.78 Å². The average molecular weight is 128 g/mol. The molecule has 0 fully saturated rings.